The van der Waals surface area contributed by atoms with Gasteiger partial charge in [-0.05, 0) is 38.4 Å². The van der Waals surface area contributed by atoms with Crippen LogP contribution < -0.4 is 10.0 Å². The summed E-state index contributed by atoms with van der Waals surface area (Å²) in [6.45, 7) is 2.11. The highest BCUT2D eigenvalue weighted by molar-refractivity contribution is 7.98. The molecule has 0 saturated heterocycles. The van der Waals surface area contributed by atoms with Crippen molar-refractivity contribution in [2.24, 2.45) is 0 Å². The molecule has 0 radical (unpaired) electrons. The summed E-state index contributed by atoms with van der Waals surface area (Å²) >= 11 is 1.58. The van der Waals surface area contributed by atoms with E-state index in [2.05, 4.69) is 10.0 Å². The first-order chi connectivity index (χ1) is 7.99. The van der Waals surface area contributed by atoms with E-state index in [1.165, 1.54) is 0 Å². The molecule has 0 aliphatic carbocycles. The van der Waals surface area contributed by atoms with Gasteiger partial charge < -0.3 is 5.32 Å². The smallest absolute Gasteiger partial charge is 0.236 e. The van der Waals surface area contributed by atoms with E-state index >= 15 is 0 Å². The second-order valence-electron chi connectivity index (χ2n) is 3.75. The summed E-state index contributed by atoms with van der Waals surface area (Å²) in [5, 5.41) is 2.39. The van der Waals surface area contributed by atoms with Crippen molar-refractivity contribution in [1.29, 1.82) is 0 Å². The average Bonchev–Trinajstić information content (AvgIpc) is 2.29. The minimum absolute atomic E-state index is 0.428. The van der Waals surface area contributed by atoms with E-state index in [1.807, 2.05) is 24.5 Å². The topological polar surface area (TPSA) is 58.2 Å². The molecule has 0 aliphatic heterocycles. The molecule has 1 aromatic carbocycles. The van der Waals surface area contributed by atoms with Crippen molar-refractivity contribution in [2.45, 2.75) is 17.1 Å². The van der Waals surface area contributed by atoms with Gasteiger partial charge >= 0.3 is 0 Å². The van der Waals surface area contributed by atoms with Gasteiger partial charge in [-0.1, -0.05) is 6.07 Å². The molecule has 0 bridgehead atoms. The highest BCUT2D eigenvalue weighted by Crippen LogP contribution is 2.20. The van der Waals surface area contributed by atoms with Crippen molar-refractivity contribution in [3.63, 3.8) is 0 Å². The van der Waals surface area contributed by atoms with Crippen LogP contribution in [0.4, 0.5) is 5.69 Å². The highest BCUT2D eigenvalue weighted by atomic mass is 32.2. The maximum absolute atomic E-state index is 11.9. The number of rotatable bonds is 6. The van der Waals surface area contributed by atoms with Gasteiger partial charge in [-0.2, -0.15) is 0 Å². The van der Waals surface area contributed by atoms with Crippen molar-refractivity contribution in [2.75, 3.05) is 24.6 Å². The van der Waals surface area contributed by atoms with E-state index in [0.717, 1.165) is 4.90 Å². The molecule has 1 atom stereocenters. The van der Waals surface area contributed by atoms with Crippen LogP contribution in [0.3, 0.4) is 0 Å². The van der Waals surface area contributed by atoms with E-state index in [-0.39, 0.29) is 0 Å². The number of sulfonamides is 1. The van der Waals surface area contributed by atoms with Gasteiger partial charge in [-0.3, -0.25) is 4.72 Å². The molecule has 0 fully saturated rings. The van der Waals surface area contributed by atoms with Crippen LogP contribution in [-0.4, -0.2) is 33.5 Å². The Bertz CT molecular complexity index is 460. The zero-order valence-electron chi connectivity index (χ0n) is 10.2. The normalized spacial score (nSPS) is 13.4. The van der Waals surface area contributed by atoms with Gasteiger partial charge in [0.25, 0.3) is 0 Å². The number of nitrogens with one attached hydrogen (secondary N) is 2. The molecule has 96 valence electrons. The average molecular weight is 274 g/mol. The van der Waals surface area contributed by atoms with E-state index in [1.54, 1.807) is 31.8 Å². The molecule has 2 N–H and O–H groups in total. The summed E-state index contributed by atoms with van der Waals surface area (Å²) in [6.07, 6.45) is 1.96. The predicted molar refractivity (Wildman–Crippen MR) is 74.2 cm³/mol. The van der Waals surface area contributed by atoms with Gasteiger partial charge in [0, 0.05) is 17.1 Å². The molecule has 0 heterocycles. The standard InChI is InChI=1S/C11H18N2O2S2/c1-9(8-12-2)17(14,15)13-10-5-4-6-11(7-10)16-3/h4-7,9,12-13H,8H2,1-3H3. The van der Waals surface area contributed by atoms with Crippen LogP contribution in [-0.2, 0) is 10.0 Å². The van der Waals surface area contributed by atoms with E-state index in [4.69, 9.17) is 0 Å². The van der Waals surface area contributed by atoms with Crippen LogP contribution in [0.1, 0.15) is 6.92 Å². The monoisotopic (exact) mass is 274 g/mol. The number of thioether (sulfide) groups is 1. The molecule has 6 heteroatoms. The quantitative estimate of drug-likeness (QED) is 0.776. The number of hydrogen-bond donors (Lipinski definition) is 2. The molecule has 4 nitrogen and oxygen atoms in total. The second kappa shape index (κ2) is 6.28. The van der Waals surface area contributed by atoms with Crippen LogP contribution in [0, 0.1) is 0 Å². The second-order valence-corrected chi connectivity index (χ2v) is 6.73. The van der Waals surface area contributed by atoms with Crippen molar-refractivity contribution < 1.29 is 8.42 Å². The minimum atomic E-state index is -3.32. The summed E-state index contributed by atoms with van der Waals surface area (Å²) in [4.78, 5) is 1.03. The molecular formula is C11H18N2O2S2. The van der Waals surface area contributed by atoms with Gasteiger partial charge in [-0.25, -0.2) is 8.42 Å². The predicted octanol–water partition coefficient (Wildman–Crippen LogP) is 1.76. The fraction of sp³-hybridized carbons (Fsp3) is 0.455. The molecule has 0 spiro atoms. The number of hydrogen-bond acceptors (Lipinski definition) is 4. The van der Waals surface area contributed by atoms with Crippen LogP contribution in [0.15, 0.2) is 29.2 Å². The van der Waals surface area contributed by atoms with Gasteiger partial charge in [-0.15, -0.1) is 11.8 Å². The Labute approximate surface area is 107 Å². The van der Waals surface area contributed by atoms with E-state index in [9.17, 15) is 8.42 Å². The lowest BCUT2D eigenvalue weighted by Crippen LogP contribution is -2.33. The Balaban J connectivity index is 2.82. The Hall–Kier alpha value is -0.720. The zero-order chi connectivity index (χ0) is 12.9. The van der Waals surface area contributed by atoms with Crippen LogP contribution in [0.25, 0.3) is 0 Å². The molecule has 0 aliphatic rings. The first-order valence-corrected chi connectivity index (χ1v) is 8.07. The molecule has 17 heavy (non-hydrogen) atoms. The van der Waals surface area contributed by atoms with Gasteiger partial charge in [0.05, 0.1) is 5.25 Å². The van der Waals surface area contributed by atoms with Gasteiger partial charge in [0.2, 0.25) is 10.0 Å². The zero-order valence-corrected chi connectivity index (χ0v) is 11.9. The van der Waals surface area contributed by atoms with Crippen molar-refractivity contribution >= 4 is 27.5 Å². The van der Waals surface area contributed by atoms with E-state index in [0.29, 0.717) is 12.2 Å². The summed E-state index contributed by atoms with van der Waals surface area (Å²) in [5.41, 5.74) is 0.611. The summed E-state index contributed by atoms with van der Waals surface area (Å²) in [5.74, 6) is 0. The van der Waals surface area contributed by atoms with Crippen molar-refractivity contribution in [3.05, 3.63) is 24.3 Å². The van der Waals surface area contributed by atoms with Crippen LogP contribution >= 0.6 is 11.8 Å². The summed E-state index contributed by atoms with van der Waals surface area (Å²) < 4.78 is 26.5. The van der Waals surface area contributed by atoms with Crippen LogP contribution in [0.2, 0.25) is 0 Å². The first-order valence-electron chi connectivity index (χ1n) is 5.30. The Morgan fingerprint density at radius 1 is 1.41 bits per heavy atom. The molecule has 0 amide bonds. The van der Waals surface area contributed by atoms with Crippen molar-refractivity contribution in [1.82, 2.24) is 5.32 Å². The largest absolute Gasteiger partial charge is 0.318 e. The molecular weight excluding hydrogens is 256 g/mol. The Kier molecular flexibility index (Phi) is 5.30. The van der Waals surface area contributed by atoms with Crippen molar-refractivity contribution in [3.8, 4) is 0 Å². The SMILES string of the molecule is CNCC(C)S(=O)(=O)Nc1cccc(SC)c1. The molecule has 1 rings (SSSR count). The fourth-order valence-corrected chi connectivity index (χ4v) is 2.85. The third-order valence-electron chi connectivity index (χ3n) is 2.35. The Morgan fingerprint density at radius 2 is 2.12 bits per heavy atom. The summed E-state index contributed by atoms with van der Waals surface area (Å²) in [7, 11) is -1.59. The Morgan fingerprint density at radius 3 is 2.71 bits per heavy atom. The molecule has 0 saturated carbocycles. The van der Waals surface area contributed by atoms with Gasteiger partial charge in [0.1, 0.15) is 0 Å². The third kappa shape index (κ3) is 4.22. The maximum Gasteiger partial charge on any atom is 0.236 e. The third-order valence-corrected chi connectivity index (χ3v) is 4.82. The maximum atomic E-state index is 11.9. The fourth-order valence-electron chi connectivity index (χ4n) is 1.35. The number of benzene rings is 1. The lowest BCUT2D eigenvalue weighted by molar-refractivity contribution is 0.584. The van der Waals surface area contributed by atoms with E-state index < -0.39 is 15.3 Å². The van der Waals surface area contributed by atoms with Gasteiger partial charge in [0.15, 0.2) is 0 Å². The van der Waals surface area contributed by atoms with Crippen LogP contribution in [0.5, 0.6) is 0 Å². The highest BCUT2D eigenvalue weighted by Gasteiger charge is 2.19. The minimum Gasteiger partial charge on any atom is -0.318 e. The molecule has 1 aromatic rings. The number of anilines is 1. The molecule has 0 aromatic heterocycles. The molecule has 1 unspecified atom stereocenters. The lowest BCUT2D eigenvalue weighted by Gasteiger charge is -2.14. The first kappa shape index (κ1) is 14.3. The lowest BCUT2D eigenvalue weighted by atomic mass is 10.3. The summed E-state index contributed by atoms with van der Waals surface area (Å²) in [6, 6.07) is 7.36.